The highest BCUT2D eigenvalue weighted by atomic mass is 35.5. The highest BCUT2D eigenvalue weighted by Gasteiger charge is 2.12. The number of benzene rings is 2. The van der Waals surface area contributed by atoms with Gasteiger partial charge in [-0.1, -0.05) is 54.6 Å². The number of nitrogens with two attached hydrogens (primary N) is 1. The van der Waals surface area contributed by atoms with Crippen LogP contribution < -0.4 is 11.1 Å². The largest absolute Gasteiger partial charge is 0.379 e. The molecule has 0 saturated carbocycles. The van der Waals surface area contributed by atoms with Crippen molar-refractivity contribution < 1.29 is 9.53 Å². The Hall–Kier alpha value is -1.63. The third-order valence-electron chi connectivity index (χ3n) is 4.62. The molecule has 1 atom stereocenters. The molecule has 1 amide bonds. The summed E-state index contributed by atoms with van der Waals surface area (Å²) in [5.41, 5.74) is 9.47. The van der Waals surface area contributed by atoms with Gasteiger partial charge in [-0.2, -0.15) is 0 Å². The van der Waals surface area contributed by atoms with Crippen LogP contribution in [0.2, 0.25) is 0 Å². The van der Waals surface area contributed by atoms with Crippen LogP contribution in [0, 0.1) is 0 Å². The lowest BCUT2D eigenvalue weighted by atomic mass is 10.0. The summed E-state index contributed by atoms with van der Waals surface area (Å²) in [4.78, 5) is 14.6. The van der Waals surface area contributed by atoms with E-state index in [9.17, 15) is 4.79 Å². The van der Waals surface area contributed by atoms with E-state index in [1.54, 1.807) is 0 Å². The number of carbonyl (C=O) groups excluding carboxylic acids is 1. The molecule has 1 heterocycles. The second kappa shape index (κ2) is 12.8. The highest BCUT2D eigenvalue weighted by molar-refractivity contribution is 5.85. The second-order valence-corrected chi connectivity index (χ2v) is 6.71. The fraction of sp³-hybridized carbons (Fsp3) is 0.381. The number of morpholine rings is 1. The predicted octanol–water partition coefficient (Wildman–Crippen LogP) is 3.07. The monoisotopic (exact) mass is 425 g/mol. The lowest BCUT2D eigenvalue weighted by molar-refractivity contribution is -0.121. The molecule has 1 fully saturated rings. The predicted molar refractivity (Wildman–Crippen MR) is 117 cm³/mol. The zero-order valence-corrected chi connectivity index (χ0v) is 17.5. The first-order valence-corrected chi connectivity index (χ1v) is 9.16. The van der Waals surface area contributed by atoms with Gasteiger partial charge < -0.3 is 15.8 Å². The molecule has 28 heavy (non-hydrogen) atoms. The van der Waals surface area contributed by atoms with Gasteiger partial charge in [-0.15, -0.1) is 24.8 Å². The first-order chi connectivity index (χ1) is 12.7. The third-order valence-corrected chi connectivity index (χ3v) is 4.62. The fourth-order valence-electron chi connectivity index (χ4n) is 3.15. The normalized spacial score (nSPS) is 15.0. The molecule has 3 N–H and O–H groups in total. The topological polar surface area (TPSA) is 67.6 Å². The van der Waals surface area contributed by atoms with Gasteiger partial charge in [0, 0.05) is 38.6 Å². The summed E-state index contributed by atoms with van der Waals surface area (Å²) in [7, 11) is 0. The van der Waals surface area contributed by atoms with Gasteiger partial charge in [0.1, 0.15) is 0 Å². The number of hydrogen-bond acceptors (Lipinski definition) is 4. The van der Waals surface area contributed by atoms with E-state index in [-0.39, 0.29) is 43.2 Å². The first kappa shape index (κ1) is 24.4. The maximum absolute atomic E-state index is 12.2. The van der Waals surface area contributed by atoms with Crippen LogP contribution >= 0.6 is 24.8 Å². The minimum atomic E-state index is -0.274. The number of nitrogens with zero attached hydrogens (tertiary/aromatic N) is 1. The zero-order valence-electron chi connectivity index (χ0n) is 15.9. The van der Waals surface area contributed by atoms with Crippen LogP contribution in [0.15, 0.2) is 54.6 Å². The first-order valence-electron chi connectivity index (χ1n) is 9.16. The smallest absolute Gasteiger partial charge is 0.222 e. The number of ether oxygens (including phenoxy) is 1. The van der Waals surface area contributed by atoms with Gasteiger partial charge in [-0.3, -0.25) is 9.69 Å². The van der Waals surface area contributed by atoms with Gasteiger partial charge >= 0.3 is 0 Å². The SMILES string of the molecule is Cl.Cl.NC(CC(=O)NCc1cccc(CN2CCOCC2)c1)c1ccccc1. The van der Waals surface area contributed by atoms with E-state index in [0.29, 0.717) is 6.54 Å². The molecule has 154 valence electrons. The molecule has 0 aromatic heterocycles. The Bertz CT molecular complexity index is 710. The van der Waals surface area contributed by atoms with Gasteiger partial charge in [-0.25, -0.2) is 0 Å². The summed E-state index contributed by atoms with van der Waals surface area (Å²) in [6.07, 6.45) is 0.289. The number of hydrogen-bond donors (Lipinski definition) is 2. The molecule has 5 nitrogen and oxygen atoms in total. The van der Waals surface area contributed by atoms with Crippen molar-refractivity contribution in [3.8, 4) is 0 Å². The van der Waals surface area contributed by atoms with Gasteiger partial charge in [0.05, 0.1) is 13.2 Å². The summed E-state index contributed by atoms with van der Waals surface area (Å²) in [5.74, 6) is -0.0278. The second-order valence-electron chi connectivity index (χ2n) is 6.71. The minimum absolute atomic E-state index is 0. The van der Waals surface area contributed by atoms with Crippen molar-refractivity contribution >= 4 is 30.7 Å². The third kappa shape index (κ3) is 7.78. The Morgan fingerprint density at radius 2 is 1.71 bits per heavy atom. The minimum Gasteiger partial charge on any atom is -0.379 e. The molecule has 7 heteroatoms. The Kier molecular flexibility index (Phi) is 11.1. The molecule has 0 radical (unpaired) electrons. The van der Waals surface area contributed by atoms with E-state index < -0.39 is 0 Å². The summed E-state index contributed by atoms with van der Waals surface area (Å²) in [6, 6.07) is 17.8. The summed E-state index contributed by atoms with van der Waals surface area (Å²) in [6.45, 7) is 4.99. The summed E-state index contributed by atoms with van der Waals surface area (Å²) >= 11 is 0. The molecule has 2 aromatic rings. The van der Waals surface area contributed by atoms with E-state index in [4.69, 9.17) is 10.5 Å². The van der Waals surface area contributed by atoms with E-state index in [1.807, 2.05) is 42.5 Å². The van der Waals surface area contributed by atoms with Crippen molar-refractivity contribution in [3.63, 3.8) is 0 Å². The molecule has 0 spiro atoms. The van der Waals surface area contributed by atoms with E-state index in [1.165, 1.54) is 5.56 Å². The zero-order chi connectivity index (χ0) is 18.2. The molecule has 3 rings (SSSR count). The number of amides is 1. The summed E-state index contributed by atoms with van der Waals surface area (Å²) < 4.78 is 5.39. The number of halogens is 2. The molecular formula is C21H29Cl2N3O2. The average Bonchev–Trinajstić information content (AvgIpc) is 2.68. The van der Waals surface area contributed by atoms with E-state index in [0.717, 1.165) is 44.0 Å². The standard InChI is InChI=1S/C21H27N3O2.2ClH/c22-20(19-7-2-1-3-8-19)14-21(25)23-15-17-5-4-6-18(13-17)16-24-9-11-26-12-10-24;;/h1-8,13,20H,9-12,14-16,22H2,(H,23,25);2*1H. The Morgan fingerprint density at radius 1 is 1.04 bits per heavy atom. The van der Waals surface area contributed by atoms with Crippen LogP contribution in [0.25, 0.3) is 0 Å². The Labute approximate surface area is 179 Å². The van der Waals surface area contributed by atoms with Crippen LogP contribution in [0.1, 0.15) is 29.2 Å². The Balaban J connectivity index is 0.00000196. The van der Waals surface area contributed by atoms with Crippen LogP contribution in [-0.4, -0.2) is 37.1 Å². The van der Waals surface area contributed by atoms with Crippen molar-refractivity contribution in [3.05, 3.63) is 71.3 Å². The van der Waals surface area contributed by atoms with Crippen LogP contribution in [0.3, 0.4) is 0 Å². The molecule has 0 bridgehead atoms. The number of carbonyl (C=O) groups is 1. The molecule has 0 aliphatic carbocycles. The quantitative estimate of drug-likeness (QED) is 0.714. The van der Waals surface area contributed by atoms with E-state index in [2.05, 4.69) is 22.3 Å². The molecule has 2 aromatic carbocycles. The van der Waals surface area contributed by atoms with Crippen molar-refractivity contribution in [1.82, 2.24) is 10.2 Å². The molecule has 1 saturated heterocycles. The van der Waals surface area contributed by atoms with Gasteiger partial charge in [-0.05, 0) is 16.7 Å². The van der Waals surface area contributed by atoms with Crippen molar-refractivity contribution in [2.24, 2.45) is 5.73 Å². The maximum atomic E-state index is 12.2. The van der Waals surface area contributed by atoms with Crippen LogP contribution in [-0.2, 0) is 22.6 Å². The molecule has 1 aliphatic heterocycles. The van der Waals surface area contributed by atoms with Crippen LogP contribution in [0.5, 0.6) is 0 Å². The molecule has 1 unspecified atom stereocenters. The van der Waals surface area contributed by atoms with Crippen molar-refractivity contribution in [2.75, 3.05) is 26.3 Å². The highest BCUT2D eigenvalue weighted by Crippen LogP contribution is 2.14. The fourth-order valence-corrected chi connectivity index (χ4v) is 3.15. The van der Waals surface area contributed by atoms with Crippen LogP contribution in [0.4, 0.5) is 0 Å². The van der Waals surface area contributed by atoms with Gasteiger partial charge in [0.15, 0.2) is 0 Å². The molecular weight excluding hydrogens is 397 g/mol. The number of rotatable bonds is 7. The number of nitrogens with one attached hydrogen (secondary N) is 1. The Morgan fingerprint density at radius 3 is 2.43 bits per heavy atom. The maximum Gasteiger partial charge on any atom is 0.222 e. The lowest BCUT2D eigenvalue weighted by Gasteiger charge is -2.26. The lowest BCUT2D eigenvalue weighted by Crippen LogP contribution is -2.35. The van der Waals surface area contributed by atoms with Gasteiger partial charge in [0.2, 0.25) is 5.91 Å². The molecule has 1 aliphatic rings. The van der Waals surface area contributed by atoms with E-state index >= 15 is 0 Å². The van der Waals surface area contributed by atoms with Crippen molar-refractivity contribution in [2.45, 2.75) is 25.6 Å². The van der Waals surface area contributed by atoms with Crippen molar-refractivity contribution in [1.29, 1.82) is 0 Å². The van der Waals surface area contributed by atoms with Gasteiger partial charge in [0.25, 0.3) is 0 Å². The average molecular weight is 426 g/mol. The summed E-state index contributed by atoms with van der Waals surface area (Å²) in [5, 5.41) is 2.98.